The molecule has 50 valence electrons. The molecule has 0 fully saturated rings. The van der Waals surface area contributed by atoms with Crippen molar-refractivity contribution < 1.29 is 4.79 Å². The van der Waals surface area contributed by atoms with Crippen LogP contribution in [0.4, 0.5) is 0 Å². The van der Waals surface area contributed by atoms with Gasteiger partial charge in [0.2, 0.25) is 5.91 Å². The molecule has 1 amide bonds. The summed E-state index contributed by atoms with van der Waals surface area (Å²) in [6, 6.07) is 0. The summed E-state index contributed by atoms with van der Waals surface area (Å²) in [5.41, 5.74) is 5.05. The number of amides is 1. The average Bonchev–Trinajstić information content (AvgIpc) is 1.61. The van der Waals surface area contributed by atoms with E-state index in [2.05, 4.69) is 10.9 Å². The van der Waals surface area contributed by atoms with Gasteiger partial charge >= 0.3 is 0 Å². The highest BCUT2D eigenvalue weighted by Gasteiger charge is 1.81. The van der Waals surface area contributed by atoms with Gasteiger partial charge in [0.15, 0.2) is 0 Å². The predicted molar refractivity (Wildman–Crippen MR) is 34.7 cm³/mol. The van der Waals surface area contributed by atoms with E-state index in [9.17, 15) is 4.79 Å². The molecule has 0 atom stereocenters. The van der Waals surface area contributed by atoms with Gasteiger partial charge in [0.05, 0.1) is 0 Å². The maximum Gasteiger partial charge on any atom is 0.230 e. The van der Waals surface area contributed by atoms with Crippen molar-refractivity contribution in [2.75, 3.05) is 6.54 Å². The molecule has 0 aliphatic rings. The van der Waals surface area contributed by atoms with Gasteiger partial charge in [-0.1, -0.05) is 6.92 Å². The normalized spacial score (nSPS) is 7.25. The molecule has 0 saturated carbocycles. The van der Waals surface area contributed by atoms with Gasteiger partial charge in [0, 0.05) is 13.5 Å². The van der Waals surface area contributed by atoms with Crippen molar-refractivity contribution in [1.82, 2.24) is 10.9 Å². The van der Waals surface area contributed by atoms with Crippen molar-refractivity contribution in [3.63, 3.8) is 0 Å². The molecule has 0 aromatic carbocycles. The minimum Gasteiger partial charge on any atom is -0.292 e. The van der Waals surface area contributed by atoms with E-state index < -0.39 is 0 Å². The summed E-state index contributed by atoms with van der Waals surface area (Å²) in [7, 11) is 0. The molecular formula is C4H11ClN2O. The lowest BCUT2D eigenvalue weighted by molar-refractivity contribution is -0.119. The van der Waals surface area contributed by atoms with Crippen molar-refractivity contribution in [2.45, 2.75) is 13.8 Å². The van der Waals surface area contributed by atoms with Crippen LogP contribution in [0, 0.1) is 0 Å². The first kappa shape index (κ1) is 10.7. The molecule has 0 aliphatic heterocycles. The summed E-state index contributed by atoms with van der Waals surface area (Å²) < 4.78 is 0. The van der Waals surface area contributed by atoms with Crippen molar-refractivity contribution in [2.24, 2.45) is 0 Å². The molecule has 8 heavy (non-hydrogen) atoms. The van der Waals surface area contributed by atoms with E-state index in [-0.39, 0.29) is 18.3 Å². The highest BCUT2D eigenvalue weighted by Crippen LogP contribution is 1.50. The van der Waals surface area contributed by atoms with Gasteiger partial charge in [0.25, 0.3) is 0 Å². The van der Waals surface area contributed by atoms with Crippen molar-refractivity contribution in [3.8, 4) is 0 Å². The third kappa shape index (κ3) is 9.21. The van der Waals surface area contributed by atoms with Crippen LogP contribution in [0.5, 0.6) is 0 Å². The average molecular weight is 139 g/mol. The monoisotopic (exact) mass is 138 g/mol. The molecule has 0 radical (unpaired) electrons. The van der Waals surface area contributed by atoms with Crippen molar-refractivity contribution in [3.05, 3.63) is 0 Å². The summed E-state index contributed by atoms with van der Waals surface area (Å²) in [6.07, 6.45) is 0. The maximum absolute atomic E-state index is 10.0. The standard InChI is InChI=1S/C4H10N2O.ClH/c1-3-5-6-4(2)7;/h5H,3H2,1-2H3,(H,6,7);1H. The molecule has 4 heteroatoms. The second kappa shape index (κ2) is 6.72. The van der Waals surface area contributed by atoms with E-state index >= 15 is 0 Å². The fourth-order valence-corrected chi connectivity index (χ4v) is 0.213. The maximum atomic E-state index is 10.0. The number of carbonyl (C=O) groups is 1. The number of hydrazine groups is 1. The Morgan fingerprint density at radius 2 is 2.12 bits per heavy atom. The lowest BCUT2D eigenvalue weighted by Gasteiger charge is -1.96. The molecule has 0 saturated heterocycles. The zero-order valence-corrected chi connectivity index (χ0v) is 5.84. The van der Waals surface area contributed by atoms with Crippen LogP contribution in [0.3, 0.4) is 0 Å². The van der Waals surface area contributed by atoms with E-state index in [0.29, 0.717) is 0 Å². The minimum atomic E-state index is -0.0538. The topological polar surface area (TPSA) is 41.1 Å². The quantitative estimate of drug-likeness (QED) is 0.531. The molecule has 0 aliphatic carbocycles. The molecule has 0 spiro atoms. The summed E-state index contributed by atoms with van der Waals surface area (Å²) in [5.74, 6) is -0.0538. The lowest BCUT2D eigenvalue weighted by Crippen LogP contribution is -2.35. The van der Waals surface area contributed by atoms with Gasteiger partial charge in [-0.15, -0.1) is 12.4 Å². The Balaban J connectivity index is 0. The van der Waals surface area contributed by atoms with Gasteiger partial charge < -0.3 is 0 Å². The van der Waals surface area contributed by atoms with E-state index in [1.54, 1.807) is 0 Å². The number of nitrogens with one attached hydrogen (secondary N) is 2. The number of carbonyl (C=O) groups excluding carboxylic acids is 1. The van der Waals surface area contributed by atoms with E-state index in [1.807, 2.05) is 6.92 Å². The van der Waals surface area contributed by atoms with Gasteiger partial charge in [-0.3, -0.25) is 10.2 Å². The Labute approximate surface area is 55.2 Å². The summed E-state index contributed by atoms with van der Waals surface area (Å²) in [4.78, 5) is 10.0. The highest BCUT2D eigenvalue weighted by molar-refractivity contribution is 5.85. The van der Waals surface area contributed by atoms with E-state index in [0.717, 1.165) is 6.54 Å². The first-order valence-electron chi connectivity index (χ1n) is 2.26. The van der Waals surface area contributed by atoms with Gasteiger partial charge in [-0.05, 0) is 0 Å². The summed E-state index contributed by atoms with van der Waals surface area (Å²) in [5, 5.41) is 0. The Morgan fingerprint density at radius 1 is 1.62 bits per heavy atom. The van der Waals surface area contributed by atoms with Crippen LogP contribution in [0.1, 0.15) is 13.8 Å². The molecule has 0 unspecified atom stereocenters. The molecule has 0 aromatic heterocycles. The lowest BCUT2D eigenvalue weighted by atomic mass is 10.7. The van der Waals surface area contributed by atoms with Crippen LogP contribution in [0.15, 0.2) is 0 Å². The summed E-state index contributed by atoms with van der Waals surface area (Å²) >= 11 is 0. The van der Waals surface area contributed by atoms with Gasteiger partial charge in [0.1, 0.15) is 0 Å². The largest absolute Gasteiger partial charge is 0.292 e. The number of hydrogen-bond donors (Lipinski definition) is 2. The zero-order valence-electron chi connectivity index (χ0n) is 5.02. The molecule has 0 aromatic rings. The molecule has 0 bridgehead atoms. The smallest absolute Gasteiger partial charge is 0.230 e. The number of rotatable bonds is 2. The third-order valence-electron chi connectivity index (χ3n) is 0.441. The molecular weight excluding hydrogens is 128 g/mol. The van der Waals surface area contributed by atoms with E-state index in [4.69, 9.17) is 0 Å². The SMILES string of the molecule is CCNNC(C)=O.Cl. The van der Waals surface area contributed by atoms with Crippen molar-refractivity contribution in [1.29, 1.82) is 0 Å². The first-order valence-corrected chi connectivity index (χ1v) is 2.26. The highest BCUT2D eigenvalue weighted by atomic mass is 35.5. The minimum absolute atomic E-state index is 0. The predicted octanol–water partition coefficient (Wildman–Crippen LogP) is 0.0688. The fraction of sp³-hybridized carbons (Fsp3) is 0.750. The van der Waals surface area contributed by atoms with Crippen LogP contribution in [0.25, 0.3) is 0 Å². The Hall–Kier alpha value is -0.280. The van der Waals surface area contributed by atoms with E-state index in [1.165, 1.54) is 6.92 Å². The second-order valence-electron chi connectivity index (χ2n) is 1.21. The second-order valence-corrected chi connectivity index (χ2v) is 1.21. The van der Waals surface area contributed by atoms with Crippen LogP contribution >= 0.6 is 12.4 Å². The van der Waals surface area contributed by atoms with Crippen LogP contribution in [-0.2, 0) is 4.79 Å². The Kier molecular flexibility index (Phi) is 8.95. The molecule has 3 nitrogen and oxygen atoms in total. The van der Waals surface area contributed by atoms with Crippen LogP contribution in [0.2, 0.25) is 0 Å². The van der Waals surface area contributed by atoms with Crippen LogP contribution < -0.4 is 10.9 Å². The summed E-state index contributed by atoms with van der Waals surface area (Å²) in [6.45, 7) is 4.14. The van der Waals surface area contributed by atoms with Crippen molar-refractivity contribution >= 4 is 18.3 Å². The number of hydrogen-bond acceptors (Lipinski definition) is 2. The molecule has 2 N–H and O–H groups in total. The fourth-order valence-electron chi connectivity index (χ4n) is 0.213. The number of halogens is 1. The van der Waals surface area contributed by atoms with Crippen LogP contribution in [-0.4, -0.2) is 12.5 Å². The third-order valence-corrected chi connectivity index (χ3v) is 0.441. The Bertz CT molecular complexity index is 67.1. The first-order chi connectivity index (χ1) is 3.27. The zero-order chi connectivity index (χ0) is 5.70. The van der Waals surface area contributed by atoms with Gasteiger partial charge in [-0.2, -0.15) is 0 Å². The van der Waals surface area contributed by atoms with Gasteiger partial charge in [-0.25, -0.2) is 5.43 Å². The Morgan fingerprint density at radius 3 is 2.25 bits per heavy atom. The molecule has 0 rings (SSSR count). The molecule has 0 heterocycles.